The SMILES string of the molecule is Cc1cc(Br)ccc1-n1ccc(N)n1. The van der Waals surface area contributed by atoms with Crippen LogP contribution in [0.4, 0.5) is 5.82 Å². The monoisotopic (exact) mass is 251 g/mol. The van der Waals surface area contributed by atoms with E-state index in [2.05, 4.69) is 21.0 Å². The first kappa shape index (κ1) is 9.27. The molecular weight excluding hydrogens is 242 g/mol. The quantitative estimate of drug-likeness (QED) is 0.847. The maximum atomic E-state index is 5.55. The van der Waals surface area contributed by atoms with Gasteiger partial charge in [0.15, 0.2) is 0 Å². The summed E-state index contributed by atoms with van der Waals surface area (Å²) in [6.45, 7) is 2.04. The van der Waals surface area contributed by atoms with E-state index in [1.54, 1.807) is 10.7 Å². The lowest BCUT2D eigenvalue weighted by Crippen LogP contribution is -1.98. The number of anilines is 1. The zero-order valence-corrected chi connectivity index (χ0v) is 9.32. The van der Waals surface area contributed by atoms with E-state index in [4.69, 9.17) is 5.73 Å². The molecule has 0 aliphatic carbocycles. The fraction of sp³-hybridized carbons (Fsp3) is 0.100. The molecule has 0 bridgehead atoms. The van der Waals surface area contributed by atoms with Gasteiger partial charge in [0.25, 0.3) is 0 Å². The van der Waals surface area contributed by atoms with Crippen LogP contribution in [0.15, 0.2) is 34.9 Å². The molecule has 0 radical (unpaired) electrons. The van der Waals surface area contributed by atoms with Crippen LogP contribution in [-0.2, 0) is 0 Å². The lowest BCUT2D eigenvalue weighted by atomic mass is 10.2. The summed E-state index contributed by atoms with van der Waals surface area (Å²) in [5.74, 6) is 0.535. The van der Waals surface area contributed by atoms with Gasteiger partial charge in [-0.05, 0) is 30.7 Å². The van der Waals surface area contributed by atoms with E-state index in [0.717, 1.165) is 15.7 Å². The Hall–Kier alpha value is -1.29. The largest absolute Gasteiger partial charge is 0.382 e. The maximum absolute atomic E-state index is 5.55. The summed E-state index contributed by atoms with van der Waals surface area (Å²) in [6, 6.07) is 7.82. The van der Waals surface area contributed by atoms with Crippen molar-refractivity contribution in [3.8, 4) is 5.69 Å². The van der Waals surface area contributed by atoms with Gasteiger partial charge >= 0.3 is 0 Å². The van der Waals surface area contributed by atoms with Gasteiger partial charge in [-0.3, -0.25) is 0 Å². The molecule has 3 nitrogen and oxygen atoms in total. The van der Waals surface area contributed by atoms with Crippen molar-refractivity contribution in [1.29, 1.82) is 0 Å². The van der Waals surface area contributed by atoms with E-state index in [1.807, 2.05) is 31.3 Å². The first-order chi connectivity index (χ1) is 6.66. The van der Waals surface area contributed by atoms with Gasteiger partial charge in [0.05, 0.1) is 5.69 Å². The van der Waals surface area contributed by atoms with Crippen molar-refractivity contribution in [2.24, 2.45) is 0 Å². The molecule has 0 aliphatic rings. The lowest BCUT2D eigenvalue weighted by molar-refractivity contribution is 0.877. The zero-order valence-electron chi connectivity index (χ0n) is 7.74. The first-order valence-electron chi connectivity index (χ1n) is 4.24. The average molecular weight is 252 g/mol. The Bertz CT molecular complexity index is 462. The Balaban J connectivity index is 2.52. The smallest absolute Gasteiger partial charge is 0.145 e. The summed E-state index contributed by atoms with van der Waals surface area (Å²) < 4.78 is 2.84. The van der Waals surface area contributed by atoms with Crippen LogP contribution >= 0.6 is 15.9 Å². The van der Waals surface area contributed by atoms with Crippen molar-refractivity contribution in [3.63, 3.8) is 0 Å². The summed E-state index contributed by atoms with van der Waals surface area (Å²) in [5, 5.41) is 4.15. The highest BCUT2D eigenvalue weighted by Gasteiger charge is 2.02. The highest BCUT2D eigenvalue weighted by Crippen LogP contribution is 2.19. The minimum atomic E-state index is 0.535. The lowest BCUT2D eigenvalue weighted by Gasteiger charge is -2.05. The average Bonchev–Trinajstić information content (AvgIpc) is 2.51. The Labute approximate surface area is 90.7 Å². The van der Waals surface area contributed by atoms with Gasteiger partial charge < -0.3 is 5.73 Å². The number of nitrogens with two attached hydrogens (primary N) is 1. The molecule has 2 aromatic rings. The number of aryl methyl sites for hydroxylation is 1. The molecule has 0 saturated heterocycles. The van der Waals surface area contributed by atoms with Gasteiger partial charge in [-0.15, -0.1) is 0 Å². The van der Waals surface area contributed by atoms with Crippen LogP contribution in [-0.4, -0.2) is 9.78 Å². The number of hydrogen-bond acceptors (Lipinski definition) is 2. The Morgan fingerprint density at radius 3 is 2.71 bits per heavy atom. The molecule has 1 heterocycles. The van der Waals surface area contributed by atoms with Crippen molar-refractivity contribution >= 4 is 21.7 Å². The fourth-order valence-corrected chi connectivity index (χ4v) is 1.82. The minimum Gasteiger partial charge on any atom is -0.382 e. The second kappa shape index (κ2) is 3.46. The van der Waals surface area contributed by atoms with Gasteiger partial charge in [0.2, 0.25) is 0 Å². The van der Waals surface area contributed by atoms with Crippen LogP contribution in [0.5, 0.6) is 0 Å². The third kappa shape index (κ3) is 1.65. The van der Waals surface area contributed by atoms with Crippen LogP contribution in [0.2, 0.25) is 0 Å². The van der Waals surface area contributed by atoms with Crippen LogP contribution in [0.3, 0.4) is 0 Å². The highest BCUT2D eigenvalue weighted by molar-refractivity contribution is 9.10. The number of rotatable bonds is 1. The molecule has 1 aromatic heterocycles. The molecule has 0 atom stereocenters. The molecule has 0 fully saturated rings. The van der Waals surface area contributed by atoms with Crippen LogP contribution in [0, 0.1) is 6.92 Å². The van der Waals surface area contributed by atoms with Crippen LogP contribution in [0.1, 0.15) is 5.56 Å². The Morgan fingerprint density at radius 1 is 1.36 bits per heavy atom. The molecule has 72 valence electrons. The Kier molecular flexibility index (Phi) is 2.29. The van der Waals surface area contributed by atoms with E-state index in [-0.39, 0.29) is 0 Å². The fourth-order valence-electron chi connectivity index (χ4n) is 1.35. The number of hydrogen-bond donors (Lipinski definition) is 1. The molecule has 4 heteroatoms. The number of benzene rings is 1. The first-order valence-corrected chi connectivity index (χ1v) is 5.04. The summed E-state index contributed by atoms with van der Waals surface area (Å²) in [5.41, 5.74) is 7.76. The van der Waals surface area contributed by atoms with E-state index < -0.39 is 0 Å². The van der Waals surface area contributed by atoms with E-state index in [9.17, 15) is 0 Å². The molecule has 0 spiro atoms. The predicted octanol–water partition coefficient (Wildman–Crippen LogP) is 2.53. The second-order valence-electron chi connectivity index (χ2n) is 3.12. The zero-order chi connectivity index (χ0) is 10.1. The molecule has 1 aromatic carbocycles. The summed E-state index contributed by atoms with van der Waals surface area (Å²) in [7, 11) is 0. The minimum absolute atomic E-state index is 0.535. The molecule has 2 N–H and O–H groups in total. The van der Waals surface area contributed by atoms with Gasteiger partial charge in [0, 0.05) is 16.7 Å². The molecular formula is C10H10BrN3. The van der Waals surface area contributed by atoms with Crippen molar-refractivity contribution in [3.05, 3.63) is 40.5 Å². The van der Waals surface area contributed by atoms with Gasteiger partial charge in [0.1, 0.15) is 5.82 Å². The van der Waals surface area contributed by atoms with E-state index >= 15 is 0 Å². The molecule has 2 rings (SSSR count). The van der Waals surface area contributed by atoms with Crippen LogP contribution < -0.4 is 5.73 Å². The van der Waals surface area contributed by atoms with E-state index in [1.165, 1.54) is 0 Å². The van der Waals surface area contributed by atoms with Crippen molar-refractivity contribution < 1.29 is 0 Å². The van der Waals surface area contributed by atoms with Crippen molar-refractivity contribution in [2.75, 3.05) is 5.73 Å². The predicted molar refractivity (Wildman–Crippen MR) is 60.4 cm³/mol. The standard InChI is InChI=1S/C10H10BrN3/c1-7-6-8(11)2-3-9(7)14-5-4-10(12)13-14/h2-6H,1H3,(H2,12,13). The number of aromatic nitrogens is 2. The molecule has 14 heavy (non-hydrogen) atoms. The normalized spacial score (nSPS) is 10.4. The number of halogens is 1. The van der Waals surface area contributed by atoms with Gasteiger partial charge in [-0.1, -0.05) is 15.9 Å². The summed E-state index contributed by atoms with van der Waals surface area (Å²) in [6.07, 6.45) is 1.85. The highest BCUT2D eigenvalue weighted by atomic mass is 79.9. The van der Waals surface area contributed by atoms with Crippen molar-refractivity contribution in [2.45, 2.75) is 6.92 Å². The third-order valence-corrected chi connectivity index (χ3v) is 2.51. The third-order valence-electron chi connectivity index (χ3n) is 2.02. The summed E-state index contributed by atoms with van der Waals surface area (Å²) >= 11 is 3.42. The second-order valence-corrected chi connectivity index (χ2v) is 4.03. The van der Waals surface area contributed by atoms with Crippen molar-refractivity contribution in [1.82, 2.24) is 9.78 Å². The van der Waals surface area contributed by atoms with Crippen LogP contribution in [0.25, 0.3) is 5.69 Å². The van der Waals surface area contributed by atoms with Gasteiger partial charge in [-0.25, -0.2) is 4.68 Å². The molecule has 0 amide bonds. The maximum Gasteiger partial charge on any atom is 0.145 e. The summed E-state index contributed by atoms with van der Waals surface area (Å²) in [4.78, 5) is 0. The molecule has 0 aliphatic heterocycles. The molecule has 0 saturated carbocycles. The number of nitrogen functional groups attached to an aromatic ring is 1. The Morgan fingerprint density at radius 2 is 2.14 bits per heavy atom. The molecule has 0 unspecified atom stereocenters. The topological polar surface area (TPSA) is 43.8 Å². The van der Waals surface area contributed by atoms with E-state index in [0.29, 0.717) is 5.82 Å². The number of nitrogens with zero attached hydrogens (tertiary/aromatic N) is 2. The van der Waals surface area contributed by atoms with Gasteiger partial charge in [-0.2, -0.15) is 5.10 Å².